The maximum atomic E-state index is 14.3. The number of aromatic nitrogens is 3. The zero-order valence-electron chi connectivity index (χ0n) is 39.9. The summed E-state index contributed by atoms with van der Waals surface area (Å²) in [4.78, 5) is 77.2. The number of nitrogens with zero attached hydrogens (tertiary/aromatic N) is 5. The van der Waals surface area contributed by atoms with E-state index in [9.17, 15) is 28.1 Å². The first kappa shape index (κ1) is 59.5. The van der Waals surface area contributed by atoms with Crippen LogP contribution in [0.3, 0.4) is 0 Å². The summed E-state index contributed by atoms with van der Waals surface area (Å²) in [6.07, 6.45) is 3.28. The molecule has 3 aromatic rings. The number of carbonyl (C=O) groups is 4. The number of nitrogens with one attached hydrogen (secondary N) is 3. The summed E-state index contributed by atoms with van der Waals surface area (Å²) in [5, 5.41) is 16.5. The Morgan fingerprint density at radius 1 is 1.07 bits per heavy atom. The number of imide groups is 1. The van der Waals surface area contributed by atoms with Crippen molar-refractivity contribution in [3.63, 3.8) is 0 Å². The maximum Gasteiger partial charge on any atom is 0.427 e. The maximum absolute atomic E-state index is 14.3. The number of anilines is 4. The summed E-state index contributed by atoms with van der Waals surface area (Å²) in [6, 6.07) is 8.37. The number of hydrogen-bond donors (Lipinski definition) is 6. The number of amides is 3. The molecule has 2 aliphatic rings. The van der Waals surface area contributed by atoms with E-state index < -0.39 is 44.2 Å². The van der Waals surface area contributed by atoms with E-state index in [4.69, 9.17) is 63.9 Å². The number of ether oxygens (including phenoxy) is 3. The first-order chi connectivity index (χ1) is 31.8. The molecule has 0 bridgehead atoms. The number of carbonyl (C=O) groups excluding carboxylic acids is 3. The molecule has 3 amide bonds. The number of carboxylic acids is 1. The Bertz CT molecular complexity index is 2270. The highest BCUT2D eigenvalue weighted by atomic mass is 35.5. The predicted octanol–water partition coefficient (Wildman–Crippen LogP) is 8.70. The standard InChI is InChI=1S/C17H17ClFNO4.C15H22ClNO2.C9H16ClN5.C3H8NO5P/c1-9(2)15-16(21)20(17(22)24-15)13-8-14(11(18)7-12(13)19)23-10-5-3-4-6-10;1-5-13-8-6-7-11(2)15(13)17(14(18)9-16)12(3)10-19-4;1-5-11-7-12-6(10)13-8(14-7)15-9(2,3)4;5-3(6)1-4-2-10(7,8)9/h7-8,10H,3-6H2,1-2H3;6-8,12H,5,9-10H2,1-4H3;5H2,1-4H3,(H2,11,12,13,14,15);4H,1-2H2,(H,5,6)(H2,7,8,9). The van der Waals surface area contributed by atoms with Gasteiger partial charge in [-0.3, -0.25) is 24.3 Å². The SMILES string of the molecule is CC(C)=C1OC(=O)N(c2cc(OC3CCCC3)c(Cl)cc2F)C1=O.CCNc1nc(Cl)nc(NC(C)(C)C)n1.CCc1cccc(C)c1N(C(=O)CCl)C(C)COC.O=C(O)CNCP(=O)(O)O. The lowest BCUT2D eigenvalue weighted by molar-refractivity contribution is -0.135. The molecule has 1 unspecified atom stereocenters. The number of allylic oxidation sites excluding steroid dienone is 1. The van der Waals surface area contributed by atoms with Crippen molar-refractivity contribution >= 4 is 89.5 Å². The van der Waals surface area contributed by atoms with E-state index in [0.717, 1.165) is 61.5 Å². The number of para-hydroxylation sites is 1. The molecule has 1 saturated carbocycles. The van der Waals surface area contributed by atoms with Gasteiger partial charge in [0.25, 0.3) is 0 Å². The second-order valence-corrected chi connectivity index (χ2v) is 19.2. The van der Waals surface area contributed by atoms with Gasteiger partial charge in [-0.05, 0) is 122 Å². The number of halogens is 4. The number of aliphatic carboxylic acids is 1. The molecule has 0 radical (unpaired) electrons. The van der Waals surface area contributed by atoms with Crippen LogP contribution in [0.4, 0.5) is 32.5 Å². The van der Waals surface area contributed by atoms with Gasteiger partial charge in [-0.25, -0.2) is 14.1 Å². The van der Waals surface area contributed by atoms with E-state index in [1.54, 1.807) is 25.9 Å². The van der Waals surface area contributed by atoms with Crippen molar-refractivity contribution in [1.29, 1.82) is 0 Å². The molecule has 1 aliphatic heterocycles. The van der Waals surface area contributed by atoms with Crippen molar-refractivity contribution in [3.8, 4) is 5.75 Å². The third-order valence-corrected chi connectivity index (χ3v) is 10.6. The first-order valence-corrected chi connectivity index (χ1v) is 24.6. The zero-order chi connectivity index (χ0) is 51.5. The highest BCUT2D eigenvalue weighted by molar-refractivity contribution is 7.51. The molecule has 1 aromatic heterocycles. The van der Waals surface area contributed by atoms with Crippen LogP contribution < -0.4 is 30.5 Å². The Morgan fingerprint density at radius 3 is 2.22 bits per heavy atom. The van der Waals surface area contributed by atoms with Gasteiger partial charge in [0.05, 0.1) is 48.0 Å². The minimum Gasteiger partial charge on any atom is -0.489 e. The summed E-state index contributed by atoms with van der Waals surface area (Å²) >= 11 is 17.6. The first-order valence-electron chi connectivity index (χ1n) is 21.5. The van der Waals surface area contributed by atoms with E-state index in [0.29, 0.717) is 29.0 Å². The van der Waals surface area contributed by atoms with E-state index in [1.807, 2.05) is 53.7 Å². The van der Waals surface area contributed by atoms with Gasteiger partial charge in [-0.2, -0.15) is 15.0 Å². The van der Waals surface area contributed by atoms with E-state index in [2.05, 4.69) is 43.9 Å². The monoisotopic (exact) mass is 1030 g/mol. The fourth-order valence-electron chi connectivity index (χ4n) is 6.46. The van der Waals surface area contributed by atoms with Crippen LogP contribution in [0, 0.1) is 12.7 Å². The topological polar surface area (TPSA) is 255 Å². The summed E-state index contributed by atoms with van der Waals surface area (Å²) in [6.45, 7) is 18.2. The van der Waals surface area contributed by atoms with Gasteiger partial charge in [-0.1, -0.05) is 36.7 Å². The second kappa shape index (κ2) is 28.1. The molecular weight excluding hydrogens is 973 g/mol. The number of carboxylic acid groups (broad SMARTS) is 1. The fraction of sp³-hybridized carbons (Fsp3) is 0.523. The lowest BCUT2D eigenvalue weighted by atomic mass is 10.0. The van der Waals surface area contributed by atoms with Gasteiger partial charge in [0.2, 0.25) is 23.1 Å². The van der Waals surface area contributed by atoms with Crippen LogP contribution >= 0.6 is 42.4 Å². The summed E-state index contributed by atoms with van der Waals surface area (Å²) < 4.78 is 40.3. The average molecular weight is 1040 g/mol. The van der Waals surface area contributed by atoms with Crippen molar-refractivity contribution in [1.82, 2.24) is 20.3 Å². The minimum absolute atomic E-state index is 0.00962. The summed E-state index contributed by atoms with van der Waals surface area (Å²) in [7, 11) is -2.46. The molecular formula is C44H63Cl3FN8O11P. The lowest BCUT2D eigenvalue weighted by Crippen LogP contribution is -2.43. The smallest absolute Gasteiger partial charge is 0.427 e. The molecule has 2 heterocycles. The molecule has 1 aliphatic carbocycles. The average Bonchev–Trinajstić information content (AvgIpc) is 3.85. The van der Waals surface area contributed by atoms with Crippen LogP contribution in [0.1, 0.15) is 92.2 Å². The summed E-state index contributed by atoms with van der Waals surface area (Å²) in [5.41, 5.74) is 3.42. The van der Waals surface area contributed by atoms with Gasteiger partial charge >= 0.3 is 25.6 Å². The summed E-state index contributed by atoms with van der Waals surface area (Å²) in [5.74, 6) is -1.61. The number of cyclic esters (lactones) is 1. The molecule has 1 atom stereocenters. The normalized spacial score (nSPS) is 14.1. The number of aryl methyl sites for hydroxylation is 2. The van der Waals surface area contributed by atoms with Crippen LogP contribution in [0.25, 0.3) is 0 Å². The van der Waals surface area contributed by atoms with E-state index in [-0.39, 0.29) is 57.0 Å². The fourth-order valence-corrected chi connectivity index (χ4v) is 7.35. The molecule has 6 N–H and O–H groups in total. The lowest BCUT2D eigenvalue weighted by Gasteiger charge is -2.31. The molecule has 2 aromatic carbocycles. The van der Waals surface area contributed by atoms with Crippen LogP contribution in [0.5, 0.6) is 5.75 Å². The highest BCUT2D eigenvalue weighted by Gasteiger charge is 2.40. The Balaban J connectivity index is 0.000000326. The van der Waals surface area contributed by atoms with Crippen molar-refractivity contribution in [2.45, 2.75) is 112 Å². The van der Waals surface area contributed by atoms with Crippen LogP contribution in [-0.4, -0.2) is 110 Å². The zero-order valence-corrected chi connectivity index (χ0v) is 43.1. The number of methoxy groups -OCH3 is 1. The Kier molecular flexibility index (Phi) is 24.6. The molecule has 19 nitrogen and oxygen atoms in total. The van der Waals surface area contributed by atoms with Crippen LogP contribution in [-0.2, 0) is 34.8 Å². The number of hydrogen-bond acceptors (Lipinski definition) is 14. The quantitative estimate of drug-likeness (QED) is 0.0445. The molecule has 1 saturated heterocycles. The molecule has 24 heteroatoms. The Hall–Kier alpha value is -4.66. The number of benzene rings is 2. The molecule has 378 valence electrons. The van der Waals surface area contributed by atoms with Gasteiger partial charge < -0.3 is 44.6 Å². The molecule has 68 heavy (non-hydrogen) atoms. The minimum atomic E-state index is -4.10. The van der Waals surface area contributed by atoms with Gasteiger partial charge in [-0.15, -0.1) is 11.6 Å². The number of alkyl halides is 1. The highest BCUT2D eigenvalue weighted by Crippen LogP contribution is 2.38. The van der Waals surface area contributed by atoms with Crippen molar-refractivity contribution in [3.05, 3.63) is 68.9 Å². The van der Waals surface area contributed by atoms with E-state index >= 15 is 0 Å². The van der Waals surface area contributed by atoms with Crippen LogP contribution in [0.15, 0.2) is 41.7 Å². The van der Waals surface area contributed by atoms with E-state index in [1.165, 1.54) is 6.07 Å². The largest absolute Gasteiger partial charge is 0.489 e. The molecule has 5 rings (SSSR count). The van der Waals surface area contributed by atoms with Crippen molar-refractivity contribution in [2.24, 2.45) is 0 Å². The van der Waals surface area contributed by atoms with Crippen molar-refractivity contribution < 1.29 is 57.2 Å². The van der Waals surface area contributed by atoms with Crippen LogP contribution in [0.2, 0.25) is 10.3 Å². The van der Waals surface area contributed by atoms with Crippen molar-refractivity contribution in [2.75, 3.05) is 59.4 Å². The van der Waals surface area contributed by atoms with Gasteiger partial charge in [0.1, 0.15) is 17.4 Å². The number of rotatable bonds is 16. The predicted molar refractivity (Wildman–Crippen MR) is 262 cm³/mol. The second-order valence-electron chi connectivity index (χ2n) is 16.5. The third kappa shape index (κ3) is 19.7. The van der Waals surface area contributed by atoms with Gasteiger partial charge in [0.15, 0.2) is 5.76 Å². The molecule has 0 spiro atoms. The third-order valence-electron chi connectivity index (χ3n) is 9.26. The Morgan fingerprint density at radius 2 is 1.71 bits per heavy atom. The Labute approximate surface area is 411 Å². The van der Waals surface area contributed by atoms with Gasteiger partial charge in [0, 0.05) is 25.3 Å². The molecule has 2 fully saturated rings.